The van der Waals surface area contributed by atoms with Crippen LogP contribution in [0.25, 0.3) is 0 Å². The van der Waals surface area contributed by atoms with Gasteiger partial charge in [-0.15, -0.1) is 12.6 Å². The molecule has 1 rings (SSSR count). The molecule has 14 heavy (non-hydrogen) atoms. The second-order valence-corrected chi connectivity index (χ2v) is 4.83. The maximum Gasteiger partial charge on any atom is 0.253 e. The number of nitrogens with one attached hydrogen (secondary N) is 1. The summed E-state index contributed by atoms with van der Waals surface area (Å²) in [5, 5.41) is 7.51. The summed E-state index contributed by atoms with van der Waals surface area (Å²) in [7, 11) is 0. The number of amides is 1. The summed E-state index contributed by atoms with van der Waals surface area (Å²) in [5.41, 5.74) is 10.6. The van der Waals surface area contributed by atoms with Gasteiger partial charge in [0.15, 0.2) is 0 Å². The molecule has 0 atom stereocenters. The summed E-state index contributed by atoms with van der Waals surface area (Å²) >= 11 is 6.36. The van der Waals surface area contributed by atoms with Crippen LogP contribution in [0.15, 0.2) is 9.24 Å². The molecule has 1 heterocycles. The summed E-state index contributed by atoms with van der Waals surface area (Å²) in [6.07, 6.45) is 0. The van der Waals surface area contributed by atoms with E-state index in [-0.39, 0.29) is 11.6 Å². The zero-order valence-corrected chi connectivity index (χ0v) is 9.51. The first kappa shape index (κ1) is 11.3. The third-order valence-corrected chi connectivity index (χ3v) is 3.51. The van der Waals surface area contributed by atoms with Gasteiger partial charge in [-0.25, -0.2) is 0 Å². The molecule has 0 unspecified atom stereocenters. The lowest BCUT2D eigenvalue weighted by molar-refractivity contribution is 0.0995. The van der Waals surface area contributed by atoms with Gasteiger partial charge in [-0.2, -0.15) is 4.37 Å². The van der Waals surface area contributed by atoms with Crippen LogP contribution < -0.4 is 11.5 Å². The number of hydrogen-bond donors (Lipinski definition) is 4. The largest absolute Gasteiger partial charge is 0.387 e. The minimum atomic E-state index is -0.560. The Morgan fingerprint density at radius 2 is 2.29 bits per heavy atom. The number of thiol groups is 1. The molecule has 0 bridgehead atoms. The topological polar surface area (TPSA) is 106 Å². The molecular formula is C6H8N4OS3. The van der Waals surface area contributed by atoms with E-state index in [1.165, 1.54) is 11.8 Å². The molecule has 0 aromatic carbocycles. The van der Waals surface area contributed by atoms with Gasteiger partial charge in [-0.3, -0.25) is 10.2 Å². The predicted octanol–water partition coefficient (Wildman–Crippen LogP) is 0.559. The lowest BCUT2D eigenvalue weighted by Gasteiger charge is -1.98. The number of aromatic nitrogens is 1. The first-order chi connectivity index (χ1) is 6.52. The molecule has 0 saturated carbocycles. The number of carbonyl (C=O) groups excluding carboxylic acids is 1. The highest BCUT2D eigenvalue weighted by atomic mass is 32.2. The number of amidine groups is 1. The summed E-state index contributed by atoms with van der Waals surface area (Å²) in [6, 6.07) is 0. The van der Waals surface area contributed by atoms with Crippen molar-refractivity contribution >= 4 is 47.7 Å². The van der Waals surface area contributed by atoms with Crippen LogP contribution in [0.3, 0.4) is 0 Å². The Morgan fingerprint density at radius 1 is 1.64 bits per heavy atom. The van der Waals surface area contributed by atoms with E-state index in [4.69, 9.17) is 16.9 Å². The Labute approximate surface area is 94.3 Å². The van der Waals surface area contributed by atoms with Crippen molar-refractivity contribution in [2.75, 3.05) is 5.75 Å². The summed E-state index contributed by atoms with van der Waals surface area (Å²) in [4.78, 5) is 11.0. The van der Waals surface area contributed by atoms with E-state index < -0.39 is 5.91 Å². The molecule has 0 spiro atoms. The van der Waals surface area contributed by atoms with Gasteiger partial charge < -0.3 is 11.5 Å². The van der Waals surface area contributed by atoms with Crippen molar-refractivity contribution in [2.24, 2.45) is 11.5 Å². The minimum Gasteiger partial charge on any atom is -0.387 e. The van der Waals surface area contributed by atoms with E-state index in [9.17, 15) is 4.79 Å². The van der Waals surface area contributed by atoms with E-state index in [1.807, 2.05) is 0 Å². The predicted molar refractivity (Wildman–Crippen MR) is 60.5 cm³/mol. The quantitative estimate of drug-likeness (QED) is 0.270. The van der Waals surface area contributed by atoms with Gasteiger partial charge >= 0.3 is 0 Å². The van der Waals surface area contributed by atoms with Crippen LogP contribution >= 0.6 is 35.9 Å². The highest BCUT2D eigenvalue weighted by molar-refractivity contribution is 8.00. The van der Waals surface area contributed by atoms with Crippen LogP contribution in [-0.2, 0) is 0 Å². The Kier molecular flexibility index (Phi) is 3.78. The zero-order chi connectivity index (χ0) is 10.7. The average Bonchev–Trinajstić information content (AvgIpc) is 2.43. The summed E-state index contributed by atoms with van der Waals surface area (Å²) < 4.78 is 4.47. The fraction of sp³-hybridized carbons (Fsp3) is 0.167. The second kappa shape index (κ2) is 4.67. The molecule has 5 nitrogen and oxygen atoms in total. The van der Waals surface area contributed by atoms with Crippen molar-refractivity contribution in [1.82, 2.24) is 4.37 Å². The van der Waals surface area contributed by atoms with Gasteiger partial charge in [-0.1, -0.05) is 11.8 Å². The van der Waals surface area contributed by atoms with Crippen molar-refractivity contribution in [3.8, 4) is 0 Å². The maximum absolute atomic E-state index is 11.0. The smallest absolute Gasteiger partial charge is 0.253 e. The van der Waals surface area contributed by atoms with Crippen LogP contribution in [0.2, 0.25) is 0 Å². The van der Waals surface area contributed by atoms with Gasteiger partial charge in [0.05, 0.1) is 15.5 Å². The molecule has 0 aliphatic rings. The molecule has 1 amide bonds. The Balaban J connectivity index is 2.86. The zero-order valence-electron chi connectivity index (χ0n) is 6.98. The molecule has 0 radical (unpaired) electrons. The third-order valence-electron chi connectivity index (χ3n) is 1.25. The molecule has 1 aromatic rings. The number of nitrogens with zero attached hydrogens (tertiary/aromatic N) is 1. The number of hydrogen-bond acceptors (Lipinski definition) is 6. The molecule has 5 N–H and O–H groups in total. The van der Waals surface area contributed by atoms with Crippen LogP contribution in [0, 0.1) is 5.41 Å². The number of primary amides is 1. The van der Waals surface area contributed by atoms with Gasteiger partial charge in [0, 0.05) is 0 Å². The van der Waals surface area contributed by atoms with Gasteiger partial charge in [0.25, 0.3) is 5.91 Å². The minimum absolute atomic E-state index is 0.0270. The lowest BCUT2D eigenvalue weighted by atomic mass is 10.4. The molecule has 0 fully saturated rings. The summed E-state index contributed by atoms with van der Waals surface area (Å²) in [5.74, 6) is -0.244. The first-order valence-corrected chi connectivity index (χ1v) is 5.67. The van der Waals surface area contributed by atoms with Gasteiger partial charge in [-0.05, 0) is 11.5 Å². The van der Waals surface area contributed by atoms with Crippen LogP contribution in [0.5, 0.6) is 0 Å². The average molecular weight is 248 g/mol. The van der Waals surface area contributed by atoms with E-state index in [1.54, 1.807) is 0 Å². The van der Waals surface area contributed by atoms with Crippen molar-refractivity contribution in [1.29, 1.82) is 5.41 Å². The maximum atomic E-state index is 11.0. The van der Waals surface area contributed by atoms with Gasteiger partial charge in [0.1, 0.15) is 10.9 Å². The van der Waals surface area contributed by atoms with Crippen LogP contribution in [-0.4, -0.2) is 21.9 Å². The highest BCUT2D eigenvalue weighted by Crippen LogP contribution is 2.29. The fourth-order valence-corrected chi connectivity index (χ4v) is 2.71. The van der Waals surface area contributed by atoms with Crippen molar-refractivity contribution in [2.45, 2.75) is 9.24 Å². The molecule has 0 aliphatic carbocycles. The van der Waals surface area contributed by atoms with Crippen molar-refractivity contribution in [3.05, 3.63) is 5.56 Å². The molecule has 8 heteroatoms. The summed E-state index contributed by atoms with van der Waals surface area (Å²) in [6.45, 7) is 0. The van der Waals surface area contributed by atoms with E-state index in [2.05, 4.69) is 17.0 Å². The number of carbonyl (C=O) groups is 1. The monoisotopic (exact) mass is 248 g/mol. The van der Waals surface area contributed by atoms with E-state index >= 15 is 0 Å². The second-order valence-electron chi connectivity index (χ2n) is 2.35. The first-order valence-electron chi connectivity index (χ1n) is 3.46. The molecule has 76 valence electrons. The van der Waals surface area contributed by atoms with Crippen LogP contribution in [0.4, 0.5) is 0 Å². The number of rotatable bonds is 4. The molecule has 0 saturated heterocycles. The molecule has 0 aliphatic heterocycles. The molecular weight excluding hydrogens is 240 g/mol. The SMILES string of the molecule is N=C(N)CSc1nsc(S)c1C(N)=O. The van der Waals surface area contributed by atoms with Crippen molar-refractivity contribution < 1.29 is 4.79 Å². The standard InChI is InChI=1S/C6H8N4OS3/c7-2(8)1-13-5-3(4(9)11)6(12)14-10-5/h12H,1H2,(H3,7,8)(H2,9,11). The van der Waals surface area contributed by atoms with E-state index in [0.717, 1.165) is 11.5 Å². The third kappa shape index (κ3) is 2.63. The fourth-order valence-electron chi connectivity index (χ4n) is 0.723. The molecule has 1 aromatic heterocycles. The Bertz CT molecular complexity index is 375. The van der Waals surface area contributed by atoms with Crippen molar-refractivity contribution in [3.63, 3.8) is 0 Å². The Morgan fingerprint density at radius 3 is 2.79 bits per heavy atom. The Hall–Kier alpha value is -0.730. The lowest BCUT2D eigenvalue weighted by Crippen LogP contribution is -2.14. The highest BCUT2D eigenvalue weighted by Gasteiger charge is 2.16. The van der Waals surface area contributed by atoms with Crippen LogP contribution in [0.1, 0.15) is 10.4 Å². The normalized spacial score (nSPS) is 10.1. The van der Waals surface area contributed by atoms with E-state index in [0.29, 0.717) is 14.8 Å². The number of thioether (sulfide) groups is 1. The number of nitrogens with two attached hydrogens (primary N) is 2. The van der Waals surface area contributed by atoms with Gasteiger partial charge in [0.2, 0.25) is 0 Å².